The molecule has 0 saturated heterocycles. The SMILES string of the molecule is CN(C)CCCNC(=O)CCN1C(=O)c2cccc([N+](=O)[O-])c2C1=O. The second kappa shape index (κ2) is 7.84. The van der Waals surface area contributed by atoms with E-state index in [4.69, 9.17) is 0 Å². The molecule has 25 heavy (non-hydrogen) atoms. The molecule has 1 aromatic carbocycles. The fourth-order valence-corrected chi connectivity index (χ4v) is 2.60. The Labute approximate surface area is 144 Å². The number of hydrogen-bond acceptors (Lipinski definition) is 6. The van der Waals surface area contributed by atoms with Gasteiger partial charge in [0.25, 0.3) is 17.5 Å². The van der Waals surface area contributed by atoms with Crippen LogP contribution in [0.4, 0.5) is 5.69 Å². The molecule has 0 radical (unpaired) electrons. The highest BCUT2D eigenvalue weighted by atomic mass is 16.6. The molecule has 0 aromatic heterocycles. The van der Waals surface area contributed by atoms with Gasteiger partial charge in [-0.2, -0.15) is 0 Å². The number of nitro groups is 1. The molecule has 0 fully saturated rings. The summed E-state index contributed by atoms with van der Waals surface area (Å²) in [7, 11) is 3.87. The average Bonchev–Trinajstić information content (AvgIpc) is 2.80. The molecule has 9 heteroatoms. The van der Waals surface area contributed by atoms with Crippen molar-refractivity contribution in [1.82, 2.24) is 15.1 Å². The summed E-state index contributed by atoms with van der Waals surface area (Å²) in [5.41, 5.74) is -0.596. The van der Waals surface area contributed by atoms with Crippen LogP contribution >= 0.6 is 0 Å². The minimum absolute atomic E-state index is 0.00518. The standard InChI is InChI=1S/C16H20N4O5/c1-18(2)9-4-8-17-13(21)7-10-19-15(22)11-5-3-6-12(20(24)25)14(11)16(19)23/h3,5-6H,4,7-10H2,1-2H3,(H,17,21). The highest BCUT2D eigenvalue weighted by Gasteiger charge is 2.40. The molecule has 2 rings (SSSR count). The first kappa shape index (κ1) is 18.5. The van der Waals surface area contributed by atoms with Gasteiger partial charge in [-0.25, -0.2) is 0 Å². The second-order valence-corrected chi connectivity index (χ2v) is 5.98. The minimum atomic E-state index is -0.729. The minimum Gasteiger partial charge on any atom is -0.356 e. The van der Waals surface area contributed by atoms with Crippen LogP contribution in [0.3, 0.4) is 0 Å². The molecule has 1 N–H and O–H groups in total. The Hall–Kier alpha value is -2.81. The fourth-order valence-electron chi connectivity index (χ4n) is 2.60. The zero-order valence-corrected chi connectivity index (χ0v) is 14.2. The lowest BCUT2D eigenvalue weighted by Gasteiger charge is -2.14. The predicted octanol–water partition coefficient (Wildman–Crippen LogP) is 0.649. The molecule has 1 heterocycles. The third-order valence-corrected chi connectivity index (χ3v) is 3.84. The van der Waals surface area contributed by atoms with Crippen molar-refractivity contribution in [2.75, 3.05) is 33.7 Å². The van der Waals surface area contributed by atoms with E-state index >= 15 is 0 Å². The van der Waals surface area contributed by atoms with Crippen LogP contribution in [0.25, 0.3) is 0 Å². The number of nitro benzene ring substituents is 1. The highest BCUT2D eigenvalue weighted by molar-refractivity contribution is 6.23. The lowest BCUT2D eigenvalue weighted by atomic mass is 10.1. The Bertz CT molecular complexity index is 716. The summed E-state index contributed by atoms with van der Waals surface area (Å²) < 4.78 is 0. The second-order valence-electron chi connectivity index (χ2n) is 5.98. The Kier molecular flexibility index (Phi) is 5.81. The van der Waals surface area contributed by atoms with Crippen LogP contribution in [0.15, 0.2) is 18.2 Å². The van der Waals surface area contributed by atoms with E-state index in [2.05, 4.69) is 5.32 Å². The molecular formula is C16H20N4O5. The molecule has 0 saturated carbocycles. The largest absolute Gasteiger partial charge is 0.356 e. The van der Waals surface area contributed by atoms with Crippen molar-refractivity contribution >= 4 is 23.4 Å². The predicted molar refractivity (Wildman–Crippen MR) is 89.3 cm³/mol. The number of fused-ring (bicyclic) bond motifs is 1. The van der Waals surface area contributed by atoms with Crippen LogP contribution in [-0.2, 0) is 4.79 Å². The topological polar surface area (TPSA) is 113 Å². The third-order valence-electron chi connectivity index (χ3n) is 3.84. The van der Waals surface area contributed by atoms with Crippen LogP contribution < -0.4 is 5.32 Å². The molecule has 1 aliphatic heterocycles. The molecule has 3 amide bonds. The lowest BCUT2D eigenvalue weighted by Crippen LogP contribution is -2.35. The number of nitrogens with one attached hydrogen (secondary N) is 1. The molecule has 134 valence electrons. The van der Waals surface area contributed by atoms with Crippen molar-refractivity contribution in [3.63, 3.8) is 0 Å². The molecule has 0 bridgehead atoms. The van der Waals surface area contributed by atoms with Gasteiger partial charge in [-0.15, -0.1) is 0 Å². The third kappa shape index (κ3) is 4.18. The number of nitrogens with zero attached hydrogens (tertiary/aromatic N) is 3. The number of rotatable bonds is 8. The number of benzene rings is 1. The molecule has 0 atom stereocenters. The quantitative estimate of drug-likeness (QED) is 0.319. The summed E-state index contributed by atoms with van der Waals surface area (Å²) in [4.78, 5) is 49.7. The van der Waals surface area contributed by atoms with Gasteiger partial charge < -0.3 is 10.2 Å². The fraction of sp³-hybridized carbons (Fsp3) is 0.438. The molecule has 9 nitrogen and oxygen atoms in total. The maximum atomic E-state index is 12.3. The number of amides is 3. The van der Waals surface area contributed by atoms with Crippen LogP contribution in [-0.4, -0.2) is 66.2 Å². The van der Waals surface area contributed by atoms with Gasteiger partial charge in [-0.3, -0.25) is 29.4 Å². The highest BCUT2D eigenvalue weighted by Crippen LogP contribution is 2.30. The van der Waals surface area contributed by atoms with Crippen molar-refractivity contribution in [1.29, 1.82) is 0 Å². The molecule has 0 spiro atoms. The summed E-state index contributed by atoms with van der Waals surface area (Å²) in [6.07, 6.45) is 0.749. The maximum Gasteiger partial charge on any atom is 0.282 e. The van der Waals surface area contributed by atoms with Gasteiger partial charge in [0.2, 0.25) is 5.91 Å². The van der Waals surface area contributed by atoms with Gasteiger partial charge in [0.15, 0.2) is 0 Å². The van der Waals surface area contributed by atoms with E-state index in [9.17, 15) is 24.5 Å². The zero-order chi connectivity index (χ0) is 18.6. The van der Waals surface area contributed by atoms with E-state index in [1.165, 1.54) is 18.2 Å². The van der Waals surface area contributed by atoms with Gasteiger partial charge in [0.05, 0.1) is 10.5 Å². The van der Waals surface area contributed by atoms with E-state index in [0.717, 1.165) is 17.9 Å². The van der Waals surface area contributed by atoms with Gasteiger partial charge >= 0.3 is 0 Å². The van der Waals surface area contributed by atoms with Gasteiger partial charge in [-0.1, -0.05) is 6.07 Å². The molecule has 1 aliphatic rings. The van der Waals surface area contributed by atoms with E-state index < -0.39 is 22.4 Å². The van der Waals surface area contributed by atoms with E-state index in [-0.39, 0.29) is 30.0 Å². The van der Waals surface area contributed by atoms with Crippen LogP contribution in [0.2, 0.25) is 0 Å². The van der Waals surface area contributed by atoms with E-state index in [1.807, 2.05) is 19.0 Å². The monoisotopic (exact) mass is 348 g/mol. The van der Waals surface area contributed by atoms with Crippen molar-refractivity contribution < 1.29 is 19.3 Å². The average molecular weight is 348 g/mol. The molecule has 0 unspecified atom stereocenters. The first-order chi connectivity index (χ1) is 11.8. The number of hydrogen-bond donors (Lipinski definition) is 1. The Morgan fingerprint density at radius 1 is 1.28 bits per heavy atom. The summed E-state index contributed by atoms with van der Waals surface area (Å²) in [5.74, 6) is -1.61. The number of carbonyl (C=O) groups is 3. The first-order valence-corrected chi connectivity index (χ1v) is 7.88. The van der Waals surface area contributed by atoms with Crippen LogP contribution in [0.5, 0.6) is 0 Å². The lowest BCUT2D eigenvalue weighted by molar-refractivity contribution is -0.385. The van der Waals surface area contributed by atoms with Crippen molar-refractivity contribution in [2.45, 2.75) is 12.8 Å². The van der Waals surface area contributed by atoms with Gasteiger partial charge in [-0.05, 0) is 33.1 Å². The Balaban J connectivity index is 1.95. The Morgan fingerprint density at radius 3 is 2.64 bits per heavy atom. The zero-order valence-electron chi connectivity index (χ0n) is 14.2. The molecule has 0 aliphatic carbocycles. The maximum absolute atomic E-state index is 12.3. The van der Waals surface area contributed by atoms with Gasteiger partial charge in [0.1, 0.15) is 5.56 Å². The van der Waals surface area contributed by atoms with E-state index in [1.54, 1.807) is 0 Å². The first-order valence-electron chi connectivity index (χ1n) is 7.88. The van der Waals surface area contributed by atoms with Crippen molar-refractivity contribution in [2.24, 2.45) is 0 Å². The molecule has 1 aromatic rings. The van der Waals surface area contributed by atoms with Crippen molar-refractivity contribution in [3.05, 3.63) is 39.4 Å². The smallest absolute Gasteiger partial charge is 0.282 e. The number of carbonyl (C=O) groups excluding carboxylic acids is 3. The number of imide groups is 1. The van der Waals surface area contributed by atoms with E-state index in [0.29, 0.717) is 6.54 Å². The summed E-state index contributed by atoms with van der Waals surface area (Å²) in [5, 5.41) is 13.8. The Morgan fingerprint density at radius 2 is 2.00 bits per heavy atom. The van der Waals surface area contributed by atoms with Gasteiger partial charge in [0, 0.05) is 25.6 Å². The van der Waals surface area contributed by atoms with Crippen LogP contribution in [0, 0.1) is 10.1 Å². The normalized spacial score (nSPS) is 13.3. The summed E-state index contributed by atoms with van der Waals surface area (Å²) >= 11 is 0. The molecular weight excluding hydrogens is 328 g/mol. The summed E-state index contributed by atoms with van der Waals surface area (Å²) in [6, 6.07) is 3.93. The summed E-state index contributed by atoms with van der Waals surface area (Å²) in [6.45, 7) is 1.23. The van der Waals surface area contributed by atoms with Crippen molar-refractivity contribution in [3.8, 4) is 0 Å². The van der Waals surface area contributed by atoms with Crippen LogP contribution in [0.1, 0.15) is 33.6 Å².